The van der Waals surface area contributed by atoms with Gasteiger partial charge >= 0.3 is 0 Å². The van der Waals surface area contributed by atoms with Crippen molar-refractivity contribution in [2.45, 2.75) is 13.5 Å². The number of aryl methyl sites for hydroxylation is 1. The first kappa shape index (κ1) is 15.2. The Hall–Kier alpha value is -3.35. The molecule has 0 unspecified atom stereocenters. The van der Waals surface area contributed by atoms with Crippen LogP contribution in [0.2, 0.25) is 0 Å². The molecule has 2 aromatic carbocycles. The fraction of sp³-hybridized carbons (Fsp3) is 0.111. The van der Waals surface area contributed by atoms with Crippen LogP contribution in [0.1, 0.15) is 11.1 Å². The molecule has 0 amide bonds. The SMILES string of the molecule is Cc1ccc(-n2nnc3c(=O)n(Cc4ccc(F)cc4)cnc32)cc1. The quantitative estimate of drug-likeness (QED) is 0.577. The lowest BCUT2D eigenvalue weighted by molar-refractivity contribution is 0.626. The van der Waals surface area contributed by atoms with Gasteiger partial charge in [-0.1, -0.05) is 35.0 Å². The zero-order valence-corrected chi connectivity index (χ0v) is 13.4. The maximum atomic E-state index is 13.0. The van der Waals surface area contributed by atoms with E-state index in [1.165, 1.54) is 23.0 Å². The molecule has 0 atom stereocenters. The second-order valence-electron chi connectivity index (χ2n) is 5.81. The average molecular weight is 335 g/mol. The van der Waals surface area contributed by atoms with E-state index in [1.807, 2.05) is 31.2 Å². The second kappa shape index (κ2) is 5.94. The van der Waals surface area contributed by atoms with E-state index in [9.17, 15) is 9.18 Å². The summed E-state index contributed by atoms with van der Waals surface area (Å²) in [5, 5.41) is 8.05. The fourth-order valence-electron chi connectivity index (χ4n) is 2.60. The van der Waals surface area contributed by atoms with Gasteiger partial charge in [0.25, 0.3) is 5.56 Å². The highest BCUT2D eigenvalue weighted by Crippen LogP contribution is 2.13. The third-order valence-electron chi connectivity index (χ3n) is 3.97. The van der Waals surface area contributed by atoms with Crippen LogP contribution in [0.3, 0.4) is 0 Å². The van der Waals surface area contributed by atoms with E-state index in [1.54, 1.807) is 16.8 Å². The lowest BCUT2D eigenvalue weighted by Crippen LogP contribution is -2.21. The van der Waals surface area contributed by atoms with Crippen LogP contribution < -0.4 is 5.56 Å². The molecule has 0 saturated carbocycles. The molecule has 0 aliphatic carbocycles. The van der Waals surface area contributed by atoms with Crippen molar-refractivity contribution in [1.29, 1.82) is 0 Å². The molecule has 7 heteroatoms. The van der Waals surface area contributed by atoms with Gasteiger partial charge in [-0.15, -0.1) is 5.10 Å². The summed E-state index contributed by atoms with van der Waals surface area (Å²) in [4.78, 5) is 17.0. The number of hydrogen-bond acceptors (Lipinski definition) is 4. The summed E-state index contributed by atoms with van der Waals surface area (Å²) in [7, 11) is 0. The predicted octanol–water partition coefficient (Wildman–Crippen LogP) is 2.47. The van der Waals surface area contributed by atoms with Gasteiger partial charge in [0.05, 0.1) is 12.2 Å². The summed E-state index contributed by atoms with van der Waals surface area (Å²) >= 11 is 0. The number of nitrogens with zero attached hydrogens (tertiary/aromatic N) is 5. The Morgan fingerprint density at radius 3 is 2.48 bits per heavy atom. The summed E-state index contributed by atoms with van der Waals surface area (Å²) in [6.45, 7) is 2.29. The van der Waals surface area contributed by atoms with Crippen molar-refractivity contribution in [3.63, 3.8) is 0 Å². The molecule has 0 aliphatic heterocycles. The van der Waals surface area contributed by atoms with E-state index in [0.29, 0.717) is 12.2 Å². The maximum Gasteiger partial charge on any atom is 0.283 e. The Labute approximate surface area is 142 Å². The second-order valence-corrected chi connectivity index (χ2v) is 5.81. The van der Waals surface area contributed by atoms with Crippen molar-refractivity contribution >= 4 is 11.2 Å². The van der Waals surface area contributed by atoms with E-state index in [4.69, 9.17) is 0 Å². The first-order valence-corrected chi connectivity index (χ1v) is 7.74. The number of hydrogen-bond donors (Lipinski definition) is 0. The first-order chi connectivity index (χ1) is 12.1. The summed E-state index contributed by atoms with van der Waals surface area (Å²) in [5.74, 6) is -0.314. The third-order valence-corrected chi connectivity index (χ3v) is 3.97. The molecule has 6 nitrogen and oxygen atoms in total. The summed E-state index contributed by atoms with van der Waals surface area (Å²) in [6, 6.07) is 13.7. The molecular weight excluding hydrogens is 321 g/mol. The first-order valence-electron chi connectivity index (χ1n) is 7.74. The Morgan fingerprint density at radius 2 is 1.76 bits per heavy atom. The average Bonchev–Trinajstić information content (AvgIpc) is 3.05. The van der Waals surface area contributed by atoms with Crippen LogP contribution in [-0.4, -0.2) is 24.5 Å². The normalized spacial score (nSPS) is 11.1. The Bertz CT molecular complexity index is 1100. The standard InChI is InChI=1S/C18H14FN5O/c1-12-2-8-15(9-3-12)24-17-16(21-22-24)18(25)23(11-20-17)10-13-4-6-14(19)7-5-13/h2-9,11H,10H2,1H3. The predicted molar refractivity (Wildman–Crippen MR) is 91.2 cm³/mol. The van der Waals surface area contributed by atoms with Crippen molar-refractivity contribution in [3.05, 3.63) is 82.2 Å². The Kier molecular flexibility index (Phi) is 3.61. The summed E-state index contributed by atoms with van der Waals surface area (Å²) in [6.07, 6.45) is 1.46. The molecule has 0 bridgehead atoms. The fourth-order valence-corrected chi connectivity index (χ4v) is 2.60. The molecule has 0 N–H and O–H groups in total. The lowest BCUT2D eigenvalue weighted by Gasteiger charge is -2.06. The molecule has 4 aromatic rings. The monoisotopic (exact) mass is 335 g/mol. The van der Waals surface area contributed by atoms with Crippen molar-refractivity contribution < 1.29 is 4.39 Å². The molecule has 0 fully saturated rings. The zero-order chi connectivity index (χ0) is 17.4. The maximum absolute atomic E-state index is 13.0. The number of rotatable bonds is 3. The minimum absolute atomic E-state index is 0.199. The van der Waals surface area contributed by atoms with E-state index in [0.717, 1.165) is 16.8 Å². The molecule has 25 heavy (non-hydrogen) atoms. The van der Waals surface area contributed by atoms with Crippen molar-refractivity contribution in [1.82, 2.24) is 24.5 Å². The number of halogens is 1. The topological polar surface area (TPSA) is 65.6 Å². The molecule has 124 valence electrons. The van der Waals surface area contributed by atoms with Crippen LogP contribution in [0.4, 0.5) is 4.39 Å². The van der Waals surface area contributed by atoms with E-state index in [2.05, 4.69) is 15.3 Å². The summed E-state index contributed by atoms with van der Waals surface area (Å²) in [5.41, 5.74) is 3.04. The van der Waals surface area contributed by atoms with Crippen LogP contribution in [0.15, 0.2) is 59.7 Å². The molecular formula is C18H14FN5O. The largest absolute Gasteiger partial charge is 0.293 e. The van der Waals surface area contributed by atoms with E-state index >= 15 is 0 Å². The molecule has 2 heterocycles. The van der Waals surface area contributed by atoms with Crippen molar-refractivity contribution in [2.75, 3.05) is 0 Å². The van der Waals surface area contributed by atoms with Crippen molar-refractivity contribution in [3.8, 4) is 5.69 Å². The molecule has 2 aromatic heterocycles. The highest BCUT2D eigenvalue weighted by atomic mass is 19.1. The number of aromatic nitrogens is 5. The van der Waals surface area contributed by atoms with Gasteiger partial charge in [-0.05, 0) is 36.8 Å². The van der Waals surface area contributed by atoms with Gasteiger partial charge in [0.2, 0.25) is 0 Å². The van der Waals surface area contributed by atoms with Crippen molar-refractivity contribution in [2.24, 2.45) is 0 Å². The van der Waals surface area contributed by atoms with E-state index in [-0.39, 0.29) is 16.9 Å². The molecule has 4 rings (SSSR count). The van der Waals surface area contributed by atoms with Gasteiger partial charge in [-0.3, -0.25) is 9.36 Å². The van der Waals surface area contributed by atoms with Gasteiger partial charge in [0, 0.05) is 0 Å². The number of benzene rings is 2. The smallest absolute Gasteiger partial charge is 0.283 e. The molecule has 0 spiro atoms. The van der Waals surface area contributed by atoms with Gasteiger partial charge in [0.1, 0.15) is 12.1 Å². The Morgan fingerprint density at radius 1 is 1.04 bits per heavy atom. The molecule has 0 radical (unpaired) electrons. The summed E-state index contributed by atoms with van der Waals surface area (Å²) < 4.78 is 16.0. The minimum Gasteiger partial charge on any atom is -0.293 e. The van der Waals surface area contributed by atoms with Crippen LogP contribution in [0.5, 0.6) is 0 Å². The van der Waals surface area contributed by atoms with Crippen LogP contribution in [0, 0.1) is 12.7 Å². The lowest BCUT2D eigenvalue weighted by atomic mass is 10.2. The molecule has 0 aliphatic rings. The minimum atomic E-state index is -0.314. The van der Waals surface area contributed by atoms with Gasteiger partial charge in [-0.2, -0.15) is 4.68 Å². The molecule has 0 saturated heterocycles. The zero-order valence-electron chi connectivity index (χ0n) is 13.4. The van der Waals surface area contributed by atoms with Crippen LogP contribution in [0.25, 0.3) is 16.9 Å². The van der Waals surface area contributed by atoms with Gasteiger partial charge < -0.3 is 0 Å². The third kappa shape index (κ3) is 2.80. The van der Waals surface area contributed by atoms with Crippen LogP contribution >= 0.6 is 0 Å². The highest BCUT2D eigenvalue weighted by Gasteiger charge is 2.13. The van der Waals surface area contributed by atoms with Gasteiger partial charge in [0.15, 0.2) is 11.2 Å². The number of fused-ring (bicyclic) bond motifs is 1. The highest BCUT2D eigenvalue weighted by molar-refractivity contribution is 5.70. The van der Waals surface area contributed by atoms with Crippen LogP contribution in [-0.2, 0) is 6.54 Å². The van der Waals surface area contributed by atoms with Gasteiger partial charge in [-0.25, -0.2) is 9.37 Å². The van der Waals surface area contributed by atoms with E-state index < -0.39 is 0 Å². The Balaban J connectivity index is 1.75.